The number of rotatable bonds is 22. The van der Waals surface area contributed by atoms with Crippen LogP contribution in [0.4, 0.5) is 4.39 Å². The highest BCUT2D eigenvalue weighted by Gasteiger charge is 2.27. The Labute approximate surface area is 217 Å². The van der Waals surface area contributed by atoms with Crippen molar-refractivity contribution in [2.24, 2.45) is 11.8 Å². The highest BCUT2D eigenvalue weighted by Crippen LogP contribution is 2.24. The molecular weight excluding hydrogens is 463 g/mol. The predicted octanol–water partition coefficient (Wildman–Crippen LogP) is 4.38. The van der Waals surface area contributed by atoms with Crippen LogP contribution in [-0.4, -0.2) is 69.8 Å². The van der Waals surface area contributed by atoms with Crippen LogP contribution in [0, 0.1) is 17.7 Å². The predicted molar refractivity (Wildman–Crippen MR) is 141 cm³/mol. The highest BCUT2D eigenvalue weighted by atomic mass is 19.1. The van der Waals surface area contributed by atoms with Gasteiger partial charge in [-0.15, -0.1) is 0 Å². The van der Waals surface area contributed by atoms with E-state index in [0.29, 0.717) is 18.8 Å². The molecule has 0 aliphatic carbocycles. The summed E-state index contributed by atoms with van der Waals surface area (Å²) in [6.45, 7) is 3.48. The third-order valence-corrected chi connectivity index (χ3v) is 7.08. The Bertz CT molecular complexity index is 643. The molecule has 0 bridgehead atoms. The fourth-order valence-corrected chi connectivity index (χ4v) is 4.60. The largest absolute Gasteiger partial charge is 0.394 e. The van der Waals surface area contributed by atoms with Crippen molar-refractivity contribution in [3.05, 3.63) is 35.6 Å². The SMILES string of the molecule is CC[C@@H](O)[C@@H](O)[C@H](COC[C@H](O)[C@@H](O)CO)CC(C)CCCCCCCCCCc1ccc(F)cc1. The minimum Gasteiger partial charge on any atom is -0.394 e. The standard InChI is InChI=1S/C29H51FO6/c1-3-26(32)29(35)24(20-36-21-28(34)27(33)19-31)18-22(2)12-10-8-6-4-5-7-9-11-13-23-14-16-25(30)17-15-23/h14-17,22,24,26-29,31-35H,3-13,18-21H2,1-2H3/t22?,24-,26+,27-,28-,29-/m0/s1. The van der Waals surface area contributed by atoms with Crippen molar-refractivity contribution in [2.45, 2.75) is 115 Å². The zero-order chi connectivity index (χ0) is 26.8. The van der Waals surface area contributed by atoms with E-state index >= 15 is 0 Å². The molecule has 1 aromatic rings. The lowest BCUT2D eigenvalue weighted by Gasteiger charge is -2.29. The molecular formula is C29H51FO6. The van der Waals surface area contributed by atoms with Gasteiger partial charge in [-0.25, -0.2) is 4.39 Å². The summed E-state index contributed by atoms with van der Waals surface area (Å²) in [6.07, 6.45) is 8.68. The van der Waals surface area contributed by atoms with Gasteiger partial charge < -0.3 is 30.3 Å². The van der Waals surface area contributed by atoms with E-state index in [2.05, 4.69) is 6.92 Å². The Morgan fingerprint density at radius 2 is 1.36 bits per heavy atom. The molecule has 210 valence electrons. The normalized spacial score (nSPS) is 16.9. The number of aryl methyl sites for hydroxylation is 1. The first-order valence-electron chi connectivity index (χ1n) is 13.9. The molecule has 0 saturated heterocycles. The summed E-state index contributed by atoms with van der Waals surface area (Å²) >= 11 is 0. The average Bonchev–Trinajstić information content (AvgIpc) is 2.88. The molecule has 0 saturated carbocycles. The van der Waals surface area contributed by atoms with Gasteiger partial charge in [0.05, 0.1) is 32.0 Å². The van der Waals surface area contributed by atoms with Crippen LogP contribution in [0.15, 0.2) is 24.3 Å². The first-order chi connectivity index (χ1) is 17.3. The molecule has 7 heteroatoms. The van der Waals surface area contributed by atoms with Crippen molar-refractivity contribution in [3.63, 3.8) is 0 Å². The van der Waals surface area contributed by atoms with Crippen LogP contribution in [0.3, 0.4) is 0 Å². The summed E-state index contributed by atoms with van der Waals surface area (Å²) < 4.78 is 18.5. The van der Waals surface area contributed by atoms with Gasteiger partial charge in [-0.1, -0.05) is 77.3 Å². The molecule has 0 heterocycles. The molecule has 0 aliphatic rings. The van der Waals surface area contributed by atoms with Gasteiger partial charge in [0.25, 0.3) is 0 Å². The van der Waals surface area contributed by atoms with E-state index in [1.807, 2.05) is 19.1 Å². The van der Waals surface area contributed by atoms with Crippen molar-refractivity contribution in [1.29, 1.82) is 0 Å². The zero-order valence-electron chi connectivity index (χ0n) is 22.4. The van der Waals surface area contributed by atoms with E-state index in [0.717, 1.165) is 25.7 Å². The van der Waals surface area contributed by atoms with E-state index in [4.69, 9.17) is 9.84 Å². The Morgan fingerprint density at radius 3 is 1.94 bits per heavy atom. The second-order valence-electron chi connectivity index (χ2n) is 10.4. The molecule has 1 aromatic carbocycles. The third-order valence-electron chi connectivity index (χ3n) is 7.08. The average molecular weight is 515 g/mol. The Balaban J connectivity index is 2.18. The van der Waals surface area contributed by atoms with Gasteiger partial charge >= 0.3 is 0 Å². The fraction of sp³-hybridized carbons (Fsp3) is 0.793. The Morgan fingerprint density at radius 1 is 0.778 bits per heavy atom. The lowest BCUT2D eigenvalue weighted by Crippen LogP contribution is -2.38. The Hall–Kier alpha value is -1.09. The zero-order valence-corrected chi connectivity index (χ0v) is 22.4. The van der Waals surface area contributed by atoms with E-state index in [9.17, 15) is 24.8 Å². The summed E-state index contributed by atoms with van der Waals surface area (Å²) in [5.74, 6) is -0.0671. The number of aliphatic hydroxyl groups is 5. The second-order valence-corrected chi connectivity index (χ2v) is 10.4. The molecule has 36 heavy (non-hydrogen) atoms. The number of benzene rings is 1. The van der Waals surface area contributed by atoms with Gasteiger partial charge in [0, 0.05) is 5.92 Å². The topological polar surface area (TPSA) is 110 Å². The van der Waals surface area contributed by atoms with Crippen molar-refractivity contribution in [1.82, 2.24) is 0 Å². The third kappa shape index (κ3) is 14.6. The van der Waals surface area contributed by atoms with Crippen LogP contribution < -0.4 is 0 Å². The van der Waals surface area contributed by atoms with Crippen molar-refractivity contribution >= 4 is 0 Å². The number of aliphatic hydroxyl groups excluding tert-OH is 5. The molecule has 0 aromatic heterocycles. The fourth-order valence-electron chi connectivity index (χ4n) is 4.60. The van der Waals surface area contributed by atoms with Crippen LogP contribution in [0.5, 0.6) is 0 Å². The maximum absolute atomic E-state index is 12.9. The highest BCUT2D eigenvalue weighted by molar-refractivity contribution is 5.15. The first kappa shape index (κ1) is 32.9. The van der Waals surface area contributed by atoms with Crippen LogP contribution in [0.2, 0.25) is 0 Å². The van der Waals surface area contributed by atoms with Crippen LogP contribution >= 0.6 is 0 Å². The molecule has 0 amide bonds. The van der Waals surface area contributed by atoms with Gasteiger partial charge in [0.2, 0.25) is 0 Å². The monoisotopic (exact) mass is 514 g/mol. The van der Waals surface area contributed by atoms with E-state index < -0.39 is 31.0 Å². The number of unbranched alkanes of at least 4 members (excludes halogenated alkanes) is 7. The number of hydrogen-bond donors (Lipinski definition) is 5. The first-order valence-corrected chi connectivity index (χ1v) is 13.9. The molecule has 6 nitrogen and oxygen atoms in total. The number of ether oxygens (including phenoxy) is 1. The van der Waals surface area contributed by atoms with E-state index in [1.165, 1.54) is 56.2 Å². The lowest BCUT2D eigenvalue weighted by molar-refractivity contribution is -0.0849. The molecule has 0 aliphatic heterocycles. The number of hydrogen-bond acceptors (Lipinski definition) is 6. The summed E-state index contributed by atoms with van der Waals surface area (Å²) in [6, 6.07) is 6.79. The maximum atomic E-state index is 12.9. The van der Waals surface area contributed by atoms with Crippen LogP contribution in [-0.2, 0) is 11.2 Å². The maximum Gasteiger partial charge on any atom is 0.123 e. The Kier molecular flexibility index (Phi) is 18.3. The minimum atomic E-state index is -1.25. The molecule has 0 fully saturated rings. The van der Waals surface area contributed by atoms with Gasteiger partial charge in [-0.05, 0) is 49.3 Å². The van der Waals surface area contributed by atoms with Crippen molar-refractivity contribution < 1.29 is 34.7 Å². The van der Waals surface area contributed by atoms with E-state index in [-0.39, 0.29) is 24.9 Å². The van der Waals surface area contributed by atoms with Gasteiger partial charge in [0.15, 0.2) is 0 Å². The summed E-state index contributed by atoms with van der Waals surface area (Å²) in [4.78, 5) is 0. The molecule has 1 rings (SSSR count). The summed E-state index contributed by atoms with van der Waals surface area (Å²) in [5, 5.41) is 48.8. The molecule has 6 atom stereocenters. The minimum absolute atomic E-state index is 0.131. The van der Waals surface area contributed by atoms with Gasteiger partial charge in [0.1, 0.15) is 18.0 Å². The second kappa shape index (κ2) is 19.9. The van der Waals surface area contributed by atoms with Crippen LogP contribution in [0.1, 0.15) is 90.0 Å². The molecule has 1 unspecified atom stereocenters. The van der Waals surface area contributed by atoms with Gasteiger partial charge in [-0.3, -0.25) is 0 Å². The summed E-state index contributed by atoms with van der Waals surface area (Å²) in [7, 11) is 0. The number of halogens is 1. The molecule has 5 N–H and O–H groups in total. The van der Waals surface area contributed by atoms with E-state index in [1.54, 1.807) is 0 Å². The van der Waals surface area contributed by atoms with Crippen LogP contribution in [0.25, 0.3) is 0 Å². The van der Waals surface area contributed by atoms with Gasteiger partial charge in [-0.2, -0.15) is 0 Å². The van der Waals surface area contributed by atoms with Crippen molar-refractivity contribution in [3.8, 4) is 0 Å². The summed E-state index contributed by atoms with van der Waals surface area (Å²) in [5.41, 5.74) is 1.20. The molecule has 0 radical (unpaired) electrons. The quantitative estimate of drug-likeness (QED) is 0.147. The van der Waals surface area contributed by atoms with Crippen molar-refractivity contribution in [2.75, 3.05) is 19.8 Å². The lowest BCUT2D eigenvalue weighted by atomic mass is 9.86. The smallest absolute Gasteiger partial charge is 0.123 e. The molecule has 0 spiro atoms.